The molecule has 1 heterocycles. The highest BCUT2D eigenvalue weighted by Gasteiger charge is 2.17. The summed E-state index contributed by atoms with van der Waals surface area (Å²) in [7, 11) is 3.78. The van der Waals surface area contributed by atoms with E-state index in [9.17, 15) is 14.4 Å². The van der Waals surface area contributed by atoms with E-state index in [1.165, 1.54) is 19.1 Å². The largest absolute Gasteiger partial charge is 0.378 e. The van der Waals surface area contributed by atoms with Gasteiger partial charge in [0.05, 0.1) is 13.2 Å². The molecular weight excluding hydrogens is 336 g/mol. The van der Waals surface area contributed by atoms with E-state index in [0.29, 0.717) is 38.0 Å². The van der Waals surface area contributed by atoms with Crippen molar-refractivity contribution in [3.63, 3.8) is 0 Å². The standard InChI is InChI=1S/C15H26N2O4S2/c1-12(18)2-4-14(19)16-7-9-21-10-8-17-15(20)5-3-13-6-11-22-23-13/h13H,2-11H2,1H3,(H,16,19)(H,17,20). The molecule has 0 aromatic carbocycles. The molecule has 2 amide bonds. The number of hydrogen-bond donors (Lipinski definition) is 2. The monoisotopic (exact) mass is 362 g/mol. The lowest BCUT2D eigenvalue weighted by Gasteiger charge is -2.09. The summed E-state index contributed by atoms with van der Waals surface area (Å²) < 4.78 is 5.33. The number of ether oxygens (including phenoxy) is 1. The van der Waals surface area contributed by atoms with Gasteiger partial charge in [-0.05, 0) is 19.8 Å². The van der Waals surface area contributed by atoms with E-state index in [4.69, 9.17) is 4.74 Å². The maximum absolute atomic E-state index is 11.6. The van der Waals surface area contributed by atoms with E-state index in [2.05, 4.69) is 10.6 Å². The predicted molar refractivity (Wildman–Crippen MR) is 94.4 cm³/mol. The number of nitrogens with one attached hydrogen (secondary N) is 2. The van der Waals surface area contributed by atoms with Crippen LogP contribution in [0.15, 0.2) is 0 Å². The Hall–Kier alpha value is -0.730. The summed E-state index contributed by atoms with van der Waals surface area (Å²) in [6.07, 6.45) is 3.21. The molecule has 1 atom stereocenters. The molecule has 0 saturated carbocycles. The fourth-order valence-electron chi connectivity index (χ4n) is 1.95. The van der Waals surface area contributed by atoms with Crippen molar-refractivity contribution in [2.45, 2.75) is 44.3 Å². The quantitative estimate of drug-likeness (QED) is 0.405. The molecule has 0 aromatic heterocycles. The van der Waals surface area contributed by atoms with E-state index < -0.39 is 0 Å². The minimum absolute atomic E-state index is 0.0115. The molecule has 1 aliphatic rings. The SMILES string of the molecule is CC(=O)CCC(=O)NCCOCCNC(=O)CCC1CCSS1. The zero-order valence-electron chi connectivity index (χ0n) is 13.6. The Labute approximate surface area is 145 Å². The van der Waals surface area contributed by atoms with E-state index in [0.717, 1.165) is 6.42 Å². The van der Waals surface area contributed by atoms with Gasteiger partial charge in [0.1, 0.15) is 5.78 Å². The van der Waals surface area contributed by atoms with Gasteiger partial charge >= 0.3 is 0 Å². The number of rotatable bonds is 12. The molecule has 0 radical (unpaired) electrons. The zero-order valence-corrected chi connectivity index (χ0v) is 15.2. The second-order valence-corrected chi connectivity index (χ2v) is 8.17. The first-order valence-corrected chi connectivity index (χ1v) is 10.3. The van der Waals surface area contributed by atoms with Crippen LogP contribution in [-0.2, 0) is 19.1 Å². The normalized spacial score (nSPS) is 17.0. The third kappa shape index (κ3) is 11.4. The fourth-order valence-corrected chi connectivity index (χ4v) is 4.93. The molecule has 1 fully saturated rings. The Morgan fingerprint density at radius 2 is 1.70 bits per heavy atom. The van der Waals surface area contributed by atoms with Gasteiger partial charge < -0.3 is 20.2 Å². The van der Waals surface area contributed by atoms with Crippen molar-refractivity contribution in [2.75, 3.05) is 32.1 Å². The van der Waals surface area contributed by atoms with Crippen molar-refractivity contribution in [1.29, 1.82) is 0 Å². The van der Waals surface area contributed by atoms with Gasteiger partial charge in [-0.1, -0.05) is 21.6 Å². The molecule has 0 bridgehead atoms. The number of ketones is 1. The molecule has 1 unspecified atom stereocenters. The summed E-state index contributed by atoms with van der Waals surface area (Å²) in [4.78, 5) is 33.7. The van der Waals surface area contributed by atoms with Crippen molar-refractivity contribution in [3.05, 3.63) is 0 Å². The summed E-state index contributed by atoms with van der Waals surface area (Å²) in [5.41, 5.74) is 0. The number of carbonyl (C=O) groups is 3. The Balaban J connectivity index is 1.86. The molecule has 0 aromatic rings. The van der Waals surface area contributed by atoms with Crippen LogP contribution in [0.5, 0.6) is 0 Å². The van der Waals surface area contributed by atoms with E-state index in [1.54, 1.807) is 0 Å². The smallest absolute Gasteiger partial charge is 0.220 e. The Kier molecular flexibility index (Phi) is 11.2. The topological polar surface area (TPSA) is 84.5 Å². The molecule has 0 aliphatic carbocycles. The van der Waals surface area contributed by atoms with Crippen molar-refractivity contribution >= 4 is 39.2 Å². The molecule has 23 heavy (non-hydrogen) atoms. The van der Waals surface area contributed by atoms with Crippen LogP contribution in [0, 0.1) is 0 Å². The maximum Gasteiger partial charge on any atom is 0.220 e. The third-order valence-corrected chi connectivity index (χ3v) is 6.27. The lowest BCUT2D eigenvalue weighted by Crippen LogP contribution is -2.30. The van der Waals surface area contributed by atoms with Gasteiger partial charge in [0, 0.05) is 43.4 Å². The number of hydrogen-bond acceptors (Lipinski definition) is 6. The lowest BCUT2D eigenvalue weighted by molar-refractivity contribution is -0.124. The highest BCUT2D eigenvalue weighted by atomic mass is 33.1. The molecule has 1 saturated heterocycles. The first kappa shape index (κ1) is 20.3. The second kappa shape index (κ2) is 12.7. The minimum atomic E-state index is -0.139. The third-order valence-electron chi connectivity index (χ3n) is 3.26. The molecule has 1 rings (SSSR count). The predicted octanol–water partition coefficient (Wildman–Crippen LogP) is 1.54. The Morgan fingerprint density at radius 1 is 1.04 bits per heavy atom. The average Bonchev–Trinajstić information content (AvgIpc) is 3.03. The van der Waals surface area contributed by atoms with E-state index >= 15 is 0 Å². The van der Waals surface area contributed by atoms with Crippen LogP contribution in [-0.4, -0.2) is 54.9 Å². The number of carbonyl (C=O) groups excluding carboxylic acids is 3. The van der Waals surface area contributed by atoms with Crippen LogP contribution < -0.4 is 10.6 Å². The maximum atomic E-state index is 11.6. The molecule has 6 nitrogen and oxygen atoms in total. The van der Waals surface area contributed by atoms with Gasteiger partial charge in [-0.25, -0.2) is 0 Å². The van der Waals surface area contributed by atoms with Crippen molar-refractivity contribution in [2.24, 2.45) is 0 Å². The van der Waals surface area contributed by atoms with Crippen LogP contribution in [0.2, 0.25) is 0 Å². The van der Waals surface area contributed by atoms with E-state index in [-0.39, 0.29) is 30.4 Å². The Morgan fingerprint density at radius 3 is 2.26 bits per heavy atom. The second-order valence-electron chi connectivity index (χ2n) is 5.38. The van der Waals surface area contributed by atoms with Crippen LogP contribution >= 0.6 is 21.6 Å². The van der Waals surface area contributed by atoms with Gasteiger partial charge in [0.15, 0.2) is 0 Å². The molecule has 132 valence electrons. The van der Waals surface area contributed by atoms with Crippen molar-refractivity contribution in [3.8, 4) is 0 Å². The van der Waals surface area contributed by atoms with Crippen LogP contribution in [0.3, 0.4) is 0 Å². The highest BCUT2D eigenvalue weighted by molar-refractivity contribution is 8.77. The highest BCUT2D eigenvalue weighted by Crippen LogP contribution is 2.39. The molecule has 1 aliphatic heterocycles. The molecule has 2 N–H and O–H groups in total. The van der Waals surface area contributed by atoms with Gasteiger partial charge in [0.25, 0.3) is 0 Å². The minimum Gasteiger partial charge on any atom is -0.378 e. The van der Waals surface area contributed by atoms with Crippen molar-refractivity contribution < 1.29 is 19.1 Å². The van der Waals surface area contributed by atoms with Gasteiger partial charge in [-0.15, -0.1) is 0 Å². The van der Waals surface area contributed by atoms with Crippen LogP contribution in [0.25, 0.3) is 0 Å². The molecular formula is C15H26N2O4S2. The van der Waals surface area contributed by atoms with E-state index in [1.807, 2.05) is 21.6 Å². The number of amides is 2. The molecule has 8 heteroatoms. The summed E-state index contributed by atoms with van der Waals surface area (Å²) in [6.45, 7) is 3.21. The van der Waals surface area contributed by atoms with Crippen molar-refractivity contribution in [1.82, 2.24) is 10.6 Å². The van der Waals surface area contributed by atoms with Crippen LogP contribution in [0.1, 0.15) is 39.0 Å². The van der Waals surface area contributed by atoms with Gasteiger partial charge in [-0.2, -0.15) is 0 Å². The van der Waals surface area contributed by atoms with Gasteiger partial charge in [-0.3, -0.25) is 9.59 Å². The first-order chi connectivity index (χ1) is 11.1. The first-order valence-electron chi connectivity index (χ1n) is 7.97. The molecule has 0 spiro atoms. The summed E-state index contributed by atoms with van der Waals surface area (Å²) in [5.74, 6) is 1.14. The summed E-state index contributed by atoms with van der Waals surface area (Å²) in [6, 6.07) is 0. The Bertz CT molecular complexity index is 388. The number of Topliss-reactive ketones (excluding diaryl/α,β-unsaturated/α-hetero) is 1. The fraction of sp³-hybridized carbons (Fsp3) is 0.800. The zero-order chi connectivity index (χ0) is 16.9. The average molecular weight is 363 g/mol. The van der Waals surface area contributed by atoms with Crippen LogP contribution in [0.4, 0.5) is 0 Å². The lowest BCUT2D eigenvalue weighted by atomic mass is 10.2. The summed E-state index contributed by atoms with van der Waals surface area (Å²) in [5, 5.41) is 6.13. The van der Waals surface area contributed by atoms with Gasteiger partial charge in [0.2, 0.25) is 11.8 Å². The summed E-state index contributed by atoms with van der Waals surface area (Å²) >= 11 is 0.